The van der Waals surface area contributed by atoms with Crippen LogP contribution in [0.2, 0.25) is 0 Å². The number of thioether (sulfide) groups is 1. The number of tetrazole rings is 1. The van der Waals surface area contributed by atoms with Gasteiger partial charge in [0.25, 0.3) is 0 Å². The Kier molecular flexibility index (Phi) is 6.21. The predicted molar refractivity (Wildman–Crippen MR) is 96.2 cm³/mol. The third-order valence-corrected chi connectivity index (χ3v) is 4.83. The quantitative estimate of drug-likeness (QED) is 0.508. The molecule has 2 aromatic heterocycles. The van der Waals surface area contributed by atoms with Gasteiger partial charge in [0.05, 0.1) is 12.3 Å². The molecule has 0 aromatic carbocycles. The fourth-order valence-corrected chi connectivity index (χ4v) is 3.26. The summed E-state index contributed by atoms with van der Waals surface area (Å²) in [6.07, 6.45) is 2.38. The maximum atomic E-state index is 11.8. The first-order chi connectivity index (χ1) is 12.6. The summed E-state index contributed by atoms with van der Waals surface area (Å²) in [6, 6.07) is 1.86. The number of nitrogens with zero attached hydrogens (tertiary/aromatic N) is 7. The number of amides is 1. The van der Waals surface area contributed by atoms with E-state index in [1.807, 2.05) is 13.0 Å². The molecule has 10 nitrogen and oxygen atoms in total. The maximum Gasteiger partial charge on any atom is 0.230 e. The molecular weight excluding hydrogens is 356 g/mol. The molecule has 0 spiro atoms. The molecule has 0 unspecified atom stereocenters. The van der Waals surface area contributed by atoms with Gasteiger partial charge >= 0.3 is 0 Å². The monoisotopic (exact) mass is 378 g/mol. The smallest absolute Gasteiger partial charge is 0.230 e. The van der Waals surface area contributed by atoms with Crippen LogP contribution in [0.15, 0.2) is 11.2 Å². The summed E-state index contributed by atoms with van der Waals surface area (Å²) in [5.41, 5.74) is 0. The van der Waals surface area contributed by atoms with Crippen LogP contribution in [-0.4, -0.2) is 68.1 Å². The standard InChI is InChI=1S/C15H22N8O2S/c1-11-17-12(23-6-3-4-7-23)9-14(18-11)25-8-5-16-13(24)10-26-15-19-20-21-22(15)2/h9H,3-8,10H2,1-2H3,(H,16,24). The molecule has 26 heavy (non-hydrogen) atoms. The van der Waals surface area contributed by atoms with E-state index in [9.17, 15) is 4.79 Å². The molecule has 1 fully saturated rings. The van der Waals surface area contributed by atoms with Crippen molar-refractivity contribution in [3.05, 3.63) is 11.9 Å². The fraction of sp³-hybridized carbons (Fsp3) is 0.600. The first kappa shape index (κ1) is 18.4. The maximum absolute atomic E-state index is 11.8. The summed E-state index contributed by atoms with van der Waals surface area (Å²) in [4.78, 5) is 22.9. The van der Waals surface area contributed by atoms with Crippen LogP contribution in [-0.2, 0) is 11.8 Å². The number of ether oxygens (including phenoxy) is 1. The van der Waals surface area contributed by atoms with Crippen LogP contribution in [0.5, 0.6) is 5.88 Å². The van der Waals surface area contributed by atoms with Crippen molar-refractivity contribution < 1.29 is 9.53 Å². The Morgan fingerprint density at radius 1 is 1.35 bits per heavy atom. The Morgan fingerprint density at radius 3 is 2.88 bits per heavy atom. The van der Waals surface area contributed by atoms with E-state index < -0.39 is 0 Å². The second-order valence-corrected chi connectivity index (χ2v) is 6.82. The van der Waals surface area contributed by atoms with Crippen LogP contribution in [0.1, 0.15) is 18.7 Å². The number of carbonyl (C=O) groups excluding carboxylic acids is 1. The van der Waals surface area contributed by atoms with E-state index in [0.717, 1.165) is 18.9 Å². The summed E-state index contributed by atoms with van der Waals surface area (Å²) in [6.45, 7) is 4.64. The average Bonchev–Trinajstić information content (AvgIpc) is 3.28. The highest BCUT2D eigenvalue weighted by molar-refractivity contribution is 7.99. The number of aryl methyl sites for hydroxylation is 2. The second kappa shape index (κ2) is 8.79. The summed E-state index contributed by atoms with van der Waals surface area (Å²) >= 11 is 1.28. The fourth-order valence-electron chi connectivity index (χ4n) is 2.58. The SMILES string of the molecule is Cc1nc(OCCNC(=O)CSc2nnnn2C)cc(N2CCCC2)n1. The van der Waals surface area contributed by atoms with Gasteiger partial charge < -0.3 is 15.0 Å². The van der Waals surface area contributed by atoms with E-state index in [-0.39, 0.29) is 11.7 Å². The Labute approximate surface area is 155 Å². The van der Waals surface area contributed by atoms with Gasteiger partial charge in [-0.1, -0.05) is 11.8 Å². The molecule has 0 atom stereocenters. The van der Waals surface area contributed by atoms with Crippen LogP contribution in [0.4, 0.5) is 5.82 Å². The van der Waals surface area contributed by atoms with Gasteiger partial charge in [0.1, 0.15) is 18.2 Å². The van der Waals surface area contributed by atoms with Crippen molar-refractivity contribution in [1.29, 1.82) is 0 Å². The number of anilines is 1. The van der Waals surface area contributed by atoms with Crippen LogP contribution in [0, 0.1) is 6.92 Å². The van der Waals surface area contributed by atoms with Gasteiger partial charge in [-0.3, -0.25) is 4.79 Å². The van der Waals surface area contributed by atoms with Gasteiger partial charge in [0.2, 0.25) is 16.9 Å². The van der Waals surface area contributed by atoms with Crippen molar-refractivity contribution in [1.82, 2.24) is 35.5 Å². The average molecular weight is 378 g/mol. The molecular formula is C15H22N8O2S. The number of carbonyl (C=O) groups is 1. The summed E-state index contributed by atoms with van der Waals surface area (Å²) in [5.74, 6) is 2.27. The van der Waals surface area contributed by atoms with Crippen LogP contribution >= 0.6 is 11.8 Å². The lowest BCUT2D eigenvalue weighted by molar-refractivity contribution is -0.118. The molecule has 1 amide bonds. The van der Waals surface area contributed by atoms with Gasteiger partial charge in [-0.05, 0) is 30.2 Å². The van der Waals surface area contributed by atoms with Crippen molar-refractivity contribution in [3.8, 4) is 5.88 Å². The molecule has 3 heterocycles. The highest BCUT2D eigenvalue weighted by atomic mass is 32.2. The molecule has 0 aliphatic carbocycles. The van der Waals surface area contributed by atoms with E-state index in [0.29, 0.717) is 30.0 Å². The van der Waals surface area contributed by atoms with Crippen LogP contribution in [0.3, 0.4) is 0 Å². The van der Waals surface area contributed by atoms with Crippen molar-refractivity contribution in [2.24, 2.45) is 7.05 Å². The van der Waals surface area contributed by atoms with Crippen molar-refractivity contribution in [2.45, 2.75) is 24.9 Å². The normalized spacial score (nSPS) is 13.8. The van der Waals surface area contributed by atoms with Gasteiger partial charge in [-0.15, -0.1) is 5.10 Å². The number of aromatic nitrogens is 6. The predicted octanol–water partition coefficient (Wildman–Crippen LogP) is 0.196. The second-order valence-electron chi connectivity index (χ2n) is 5.88. The number of nitrogens with one attached hydrogen (secondary N) is 1. The zero-order valence-corrected chi connectivity index (χ0v) is 15.7. The summed E-state index contributed by atoms with van der Waals surface area (Å²) in [7, 11) is 1.73. The van der Waals surface area contributed by atoms with Crippen LogP contribution < -0.4 is 15.0 Å². The number of rotatable bonds is 8. The molecule has 1 aliphatic heterocycles. The molecule has 0 radical (unpaired) electrons. The molecule has 0 bridgehead atoms. The minimum atomic E-state index is -0.0989. The Balaban J connectivity index is 1.40. The number of hydrogen-bond donors (Lipinski definition) is 1. The molecule has 1 saturated heterocycles. The summed E-state index contributed by atoms with van der Waals surface area (Å²) < 4.78 is 7.20. The topological polar surface area (TPSA) is 111 Å². The van der Waals surface area contributed by atoms with E-state index in [1.54, 1.807) is 7.05 Å². The largest absolute Gasteiger partial charge is 0.476 e. The molecule has 1 aliphatic rings. The third-order valence-electron chi connectivity index (χ3n) is 3.82. The van der Waals surface area contributed by atoms with Crippen LogP contribution in [0.25, 0.3) is 0 Å². The van der Waals surface area contributed by atoms with Crippen molar-refractivity contribution in [3.63, 3.8) is 0 Å². The highest BCUT2D eigenvalue weighted by Gasteiger charge is 2.15. The van der Waals surface area contributed by atoms with E-state index in [1.165, 1.54) is 29.3 Å². The molecule has 140 valence electrons. The van der Waals surface area contributed by atoms with Gasteiger partial charge in [-0.2, -0.15) is 4.98 Å². The molecule has 0 saturated carbocycles. The Hall–Kier alpha value is -2.43. The van der Waals surface area contributed by atoms with Gasteiger partial charge in [-0.25, -0.2) is 9.67 Å². The molecule has 11 heteroatoms. The molecule has 2 aromatic rings. The summed E-state index contributed by atoms with van der Waals surface area (Å²) in [5, 5.41) is 14.5. The van der Waals surface area contributed by atoms with E-state index in [2.05, 4.69) is 35.7 Å². The van der Waals surface area contributed by atoms with Crippen molar-refractivity contribution >= 4 is 23.5 Å². The minimum absolute atomic E-state index is 0.0989. The third kappa shape index (κ3) is 5.04. The Morgan fingerprint density at radius 2 is 2.15 bits per heavy atom. The van der Waals surface area contributed by atoms with Gasteiger partial charge in [0.15, 0.2) is 0 Å². The van der Waals surface area contributed by atoms with Gasteiger partial charge in [0, 0.05) is 26.2 Å². The first-order valence-electron chi connectivity index (χ1n) is 8.47. The molecule has 3 rings (SSSR count). The lowest BCUT2D eigenvalue weighted by Crippen LogP contribution is -2.29. The molecule has 1 N–H and O–H groups in total. The van der Waals surface area contributed by atoms with E-state index in [4.69, 9.17) is 4.74 Å². The zero-order chi connectivity index (χ0) is 18.4. The minimum Gasteiger partial charge on any atom is -0.476 e. The lowest BCUT2D eigenvalue weighted by atomic mass is 10.4. The van der Waals surface area contributed by atoms with E-state index >= 15 is 0 Å². The first-order valence-corrected chi connectivity index (χ1v) is 9.45. The lowest BCUT2D eigenvalue weighted by Gasteiger charge is -2.17. The Bertz CT molecular complexity index is 747. The zero-order valence-electron chi connectivity index (χ0n) is 14.9. The highest BCUT2D eigenvalue weighted by Crippen LogP contribution is 2.21. The number of hydrogen-bond acceptors (Lipinski definition) is 9. The van der Waals surface area contributed by atoms with Crippen molar-refractivity contribution in [2.75, 3.05) is 36.9 Å².